The fourth-order valence-electron chi connectivity index (χ4n) is 2.55. The second kappa shape index (κ2) is 6.09. The molecule has 0 radical (unpaired) electrons. The Morgan fingerprint density at radius 3 is 2.81 bits per heavy atom. The lowest BCUT2D eigenvalue weighted by atomic mass is 10.1. The predicted molar refractivity (Wildman–Crippen MR) is 80.8 cm³/mol. The molecule has 0 bridgehead atoms. The molecule has 7 heteroatoms. The monoisotopic (exact) mass is 292 g/mol. The molecular weight excluding hydrogens is 272 g/mol. The van der Waals surface area contributed by atoms with Crippen molar-refractivity contribution in [2.24, 2.45) is 0 Å². The Morgan fingerprint density at radius 1 is 1.48 bits per heavy atom. The topological polar surface area (TPSA) is 87.5 Å². The molecule has 0 aliphatic carbocycles. The van der Waals surface area contributed by atoms with Crippen molar-refractivity contribution >= 4 is 17.3 Å². The van der Waals surface area contributed by atoms with E-state index in [1.54, 1.807) is 13.1 Å². The number of nitro benzene ring substituents is 1. The van der Waals surface area contributed by atoms with Gasteiger partial charge in [0.2, 0.25) is 0 Å². The summed E-state index contributed by atoms with van der Waals surface area (Å²) in [5, 5.41) is 17.1. The van der Waals surface area contributed by atoms with Crippen LogP contribution >= 0.6 is 0 Å². The van der Waals surface area contributed by atoms with Crippen LogP contribution in [-0.4, -0.2) is 43.1 Å². The highest BCUT2D eigenvalue weighted by Gasteiger charge is 2.28. The quantitative estimate of drug-likeness (QED) is 0.644. The van der Waals surface area contributed by atoms with E-state index in [0.29, 0.717) is 17.8 Å². The number of nitrogens with zero attached hydrogens (tertiary/aromatic N) is 2. The summed E-state index contributed by atoms with van der Waals surface area (Å²) in [7, 11) is 1.54. The minimum atomic E-state index is -0.400. The molecule has 2 atom stereocenters. The zero-order chi connectivity index (χ0) is 15.6. The zero-order valence-corrected chi connectivity index (χ0v) is 12.4. The zero-order valence-electron chi connectivity index (χ0n) is 12.4. The Labute approximate surface area is 123 Å². The van der Waals surface area contributed by atoms with Gasteiger partial charge in [-0.3, -0.25) is 14.9 Å². The summed E-state index contributed by atoms with van der Waals surface area (Å²) < 4.78 is 0. The van der Waals surface area contributed by atoms with Crippen LogP contribution in [0.2, 0.25) is 0 Å². The Bertz CT molecular complexity index is 561. The third-order valence-corrected chi connectivity index (χ3v) is 3.74. The van der Waals surface area contributed by atoms with Crippen LogP contribution in [0.3, 0.4) is 0 Å². The van der Waals surface area contributed by atoms with Gasteiger partial charge in [-0.2, -0.15) is 0 Å². The molecule has 21 heavy (non-hydrogen) atoms. The van der Waals surface area contributed by atoms with Crippen LogP contribution in [-0.2, 0) is 0 Å². The van der Waals surface area contributed by atoms with Crippen LogP contribution < -0.4 is 15.5 Å². The highest BCUT2D eigenvalue weighted by atomic mass is 16.6. The molecule has 1 heterocycles. The van der Waals surface area contributed by atoms with Crippen LogP contribution in [0.25, 0.3) is 0 Å². The highest BCUT2D eigenvalue weighted by molar-refractivity contribution is 5.95. The number of hydrogen-bond donors (Lipinski definition) is 2. The van der Waals surface area contributed by atoms with E-state index in [9.17, 15) is 14.9 Å². The number of hydrogen-bond acceptors (Lipinski definition) is 5. The van der Waals surface area contributed by atoms with Gasteiger partial charge in [0.25, 0.3) is 11.6 Å². The van der Waals surface area contributed by atoms with Gasteiger partial charge in [-0.25, -0.2) is 0 Å². The SMILES string of the molecule is CNC(=O)c1ccc([N+](=O)[O-])c(N2CC(C)NCC2C)c1. The number of carbonyl (C=O) groups excluding carboxylic acids is 1. The van der Waals surface area contributed by atoms with Crippen LogP contribution in [0.1, 0.15) is 24.2 Å². The number of anilines is 1. The van der Waals surface area contributed by atoms with Gasteiger partial charge < -0.3 is 15.5 Å². The maximum absolute atomic E-state index is 11.8. The Hall–Kier alpha value is -2.15. The van der Waals surface area contributed by atoms with E-state index in [0.717, 1.165) is 6.54 Å². The van der Waals surface area contributed by atoms with E-state index < -0.39 is 4.92 Å². The van der Waals surface area contributed by atoms with Crippen LogP contribution in [0, 0.1) is 10.1 Å². The third kappa shape index (κ3) is 3.13. The molecule has 1 aromatic carbocycles. The smallest absolute Gasteiger partial charge is 0.292 e. The van der Waals surface area contributed by atoms with Crippen molar-refractivity contribution < 1.29 is 9.72 Å². The first-order chi connectivity index (χ1) is 9.93. The summed E-state index contributed by atoms with van der Waals surface area (Å²) >= 11 is 0. The molecule has 1 aliphatic heterocycles. The van der Waals surface area contributed by atoms with Crippen molar-refractivity contribution in [2.45, 2.75) is 25.9 Å². The summed E-state index contributed by atoms with van der Waals surface area (Å²) in [6, 6.07) is 4.85. The number of nitro groups is 1. The maximum atomic E-state index is 11.8. The lowest BCUT2D eigenvalue weighted by Gasteiger charge is -2.39. The lowest BCUT2D eigenvalue weighted by molar-refractivity contribution is -0.384. The van der Waals surface area contributed by atoms with E-state index in [-0.39, 0.29) is 23.7 Å². The van der Waals surface area contributed by atoms with Crippen molar-refractivity contribution in [1.82, 2.24) is 10.6 Å². The Morgan fingerprint density at radius 2 is 2.19 bits per heavy atom. The van der Waals surface area contributed by atoms with E-state index in [4.69, 9.17) is 0 Å². The van der Waals surface area contributed by atoms with Crippen molar-refractivity contribution in [3.63, 3.8) is 0 Å². The summed E-state index contributed by atoms with van der Waals surface area (Å²) in [5.74, 6) is -0.248. The molecule has 1 saturated heterocycles. The van der Waals surface area contributed by atoms with Crippen molar-refractivity contribution in [3.8, 4) is 0 Å². The Balaban J connectivity index is 2.47. The van der Waals surface area contributed by atoms with Crippen molar-refractivity contribution in [3.05, 3.63) is 33.9 Å². The van der Waals surface area contributed by atoms with Gasteiger partial charge in [-0.15, -0.1) is 0 Å². The summed E-state index contributed by atoms with van der Waals surface area (Å²) in [6.07, 6.45) is 0. The van der Waals surface area contributed by atoms with Gasteiger partial charge in [-0.05, 0) is 26.0 Å². The number of nitrogens with one attached hydrogen (secondary N) is 2. The highest BCUT2D eigenvalue weighted by Crippen LogP contribution is 2.31. The second-order valence-electron chi connectivity index (χ2n) is 5.35. The van der Waals surface area contributed by atoms with Crippen molar-refractivity contribution in [2.75, 3.05) is 25.0 Å². The lowest BCUT2D eigenvalue weighted by Crippen LogP contribution is -2.54. The minimum absolute atomic E-state index is 0.0311. The molecule has 114 valence electrons. The van der Waals surface area contributed by atoms with E-state index >= 15 is 0 Å². The number of piperazine rings is 1. The molecule has 1 amide bonds. The summed E-state index contributed by atoms with van der Waals surface area (Å²) in [6.45, 7) is 5.46. The average molecular weight is 292 g/mol. The molecule has 0 saturated carbocycles. The van der Waals surface area contributed by atoms with E-state index in [1.807, 2.05) is 18.7 Å². The molecule has 1 aliphatic rings. The maximum Gasteiger partial charge on any atom is 0.292 e. The van der Waals surface area contributed by atoms with Gasteiger partial charge in [0.05, 0.1) is 4.92 Å². The minimum Gasteiger partial charge on any atom is -0.360 e. The molecule has 0 aromatic heterocycles. The number of amides is 1. The fourth-order valence-corrected chi connectivity index (χ4v) is 2.55. The van der Waals surface area contributed by atoms with Gasteiger partial charge in [0.15, 0.2) is 0 Å². The first-order valence-electron chi connectivity index (χ1n) is 6.94. The van der Waals surface area contributed by atoms with Crippen LogP contribution in [0.4, 0.5) is 11.4 Å². The van der Waals surface area contributed by atoms with E-state index in [1.165, 1.54) is 12.1 Å². The van der Waals surface area contributed by atoms with Gasteiger partial charge in [-0.1, -0.05) is 0 Å². The largest absolute Gasteiger partial charge is 0.360 e. The molecule has 7 nitrogen and oxygen atoms in total. The Kier molecular flexibility index (Phi) is 4.42. The molecule has 1 aromatic rings. The van der Waals surface area contributed by atoms with Gasteiger partial charge >= 0.3 is 0 Å². The average Bonchev–Trinajstić information content (AvgIpc) is 2.48. The van der Waals surface area contributed by atoms with Crippen LogP contribution in [0.5, 0.6) is 0 Å². The fraction of sp³-hybridized carbons (Fsp3) is 0.500. The molecule has 2 unspecified atom stereocenters. The molecule has 2 rings (SSSR count). The molecule has 1 fully saturated rings. The predicted octanol–water partition coefficient (Wildman–Crippen LogP) is 1.14. The third-order valence-electron chi connectivity index (χ3n) is 3.74. The van der Waals surface area contributed by atoms with Crippen LogP contribution in [0.15, 0.2) is 18.2 Å². The second-order valence-corrected chi connectivity index (χ2v) is 5.35. The number of benzene rings is 1. The molecule has 0 spiro atoms. The molecular formula is C14H20N4O3. The molecule has 2 N–H and O–H groups in total. The van der Waals surface area contributed by atoms with E-state index in [2.05, 4.69) is 10.6 Å². The first kappa shape index (κ1) is 15.2. The summed E-state index contributed by atoms with van der Waals surface area (Å²) in [4.78, 5) is 24.6. The normalized spacial score (nSPS) is 22.0. The first-order valence-corrected chi connectivity index (χ1v) is 6.94. The standard InChI is InChI=1S/C14H20N4O3/c1-9-8-17(10(2)7-16-9)13-6-11(14(19)15-3)4-5-12(13)18(20)21/h4-6,9-10,16H,7-8H2,1-3H3,(H,15,19). The summed E-state index contributed by atoms with van der Waals surface area (Å²) in [5.41, 5.74) is 0.960. The van der Waals surface area contributed by atoms with Crippen molar-refractivity contribution in [1.29, 1.82) is 0 Å². The number of carbonyl (C=O) groups is 1. The van der Waals surface area contributed by atoms with Gasteiger partial charge in [0.1, 0.15) is 5.69 Å². The number of rotatable bonds is 3. The van der Waals surface area contributed by atoms with Gasteiger partial charge in [0, 0.05) is 43.9 Å².